The van der Waals surface area contributed by atoms with E-state index in [9.17, 15) is 14.7 Å². The quantitative estimate of drug-likeness (QED) is 0.561. The van der Waals surface area contributed by atoms with E-state index in [-0.39, 0.29) is 5.91 Å². The second-order valence-electron chi connectivity index (χ2n) is 8.76. The van der Waals surface area contributed by atoms with E-state index >= 15 is 0 Å². The van der Waals surface area contributed by atoms with Gasteiger partial charge in [-0.3, -0.25) is 4.79 Å². The molecule has 0 spiro atoms. The highest BCUT2D eigenvalue weighted by molar-refractivity contribution is 6.01. The first-order chi connectivity index (χ1) is 14.6. The predicted molar refractivity (Wildman–Crippen MR) is 123 cm³/mol. The van der Waals surface area contributed by atoms with E-state index in [0.29, 0.717) is 12.1 Å². The number of nitrogens with one attached hydrogen (secondary N) is 1. The molecule has 2 N–H and O–H groups in total. The third-order valence-electron chi connectivity index (χ3n) is 5.01. The Balaban J connectivity index is 2.28. The Morgan fingerprint density at radius 3 is 2.42 bits per heavy atom. The topological polar surface area (TPSA) is 75.6 Å². The molecule has 0 radical (unpaired) electrons. The van der Waals surface area contributed by atoms with Crippen LogP contribution in [0.5, 0.6) is 0 Å². The van der Waals surface area contributed by atoms with Gasteiger partial charge in [0.05, 0.1) is 5.60 Å². The molecule has 0 saturated carbocycles. The minimum atomic E-state index is -1.11. The van der Waals surface area contributed by atoms with Crippen molar-refractivity contribution in [1.82, 2.24) is 5.32 Å². The summed E-state index contributed by atoms with van der Waals surface area (Å²) < 4.78 is 6.03. The lowest BCUT2D eigenvalue weighted by atomic mass is 9.86. The average Bonchev–Trinajstić information content (AvgIpc) is 2.69. The van der Waals surface area contributed by atoms with Crippen LogP contribution in [-0.2, 0) is 20.9 Å². The Morgan fingerprint density at radius 2 is 1.77 bits per heavy atom. The van der Waals surface area contributed by atoms with Gasteiger partial charge in [0, 0.05) is 19.0 Å². The fourth-order valence-electron chi connectivity index (χ4n) is 3.80. The van der Waals surface area contributed by atoms with Crippen LogP contribution >= 0.6 is 0 Å². The fraction of sp³-hybridized carbons (Fsp3) is 0.308. The molecule has 5 nitrogen and oxygen atoms in total. The largest absolute Gasteiger partial charge is 0.479 e. The standard InChI is InChI=1S/C26H29NO4/c1-16-13-19-10-6-7-12-21(19)23(22(16)24(25(29)30)31-26(3,4)5)20-11-8-9-18(14-20)15-27-17(2)28/h6-14,24H,15H2,1-5H3,(H,27,28)(H,29,30). The minimum Gasteiger partial charge on any atom is -0.479 e. The second-order valence-corrected chi connectivity index (χ2v) is 8.76. The molecule has 162 valence electrons. The van der Waals surface area contributed by atoms with Gasteiger partial charge in [0.15, 0.2) is 6.10 Å². The number of ether oxygens (including phenoxy) is 1. The Hall–Kier alpha value is -3.18. The van der Waals surface area contributed by atoms with Crippen LogP contribution in [0.2, 0.25) is 0 Å². The van der Waals surface area contributed by atoms with Gasteiger partial charge in [0.25, 0.3) is 0 Å². The van der Waals surface area contributed by atoms with Crippen LogP contribution in [0.1, 0.15) is 50.5 Å². The molecule has 3 rings (SSSR count). The van der Waals surface area contributed by atoms with Gasteiger partial charge in [0.1, 0.15) is 0 Å². The number of hydrogen-bond donors (Lipinski definition) is 2. The first-order valence-electron chi connectivity index (χ1n) is 10.3. The van der Waals surface area contributed by atoms with Crippen molar-refractivity contribution in [3.05, 3.63) is 71.3 Å². The highest BCUT2D eigenvalue weighted by atomic mass is 16.5. The third kappa shape index (κ3) is 5.30. The van der Waals surface area contributed by atoms with Crippen LogP contribution in [0.15, 0.2) is 54.6 Å². The number of carboxylic acids is 1. The Morgan fingerprint density at radius 1 is 1.06 bits per heavy atom. The van der Waals surface area contributed by atoms with Crippen molar-refractivity contribution >= 4 is 22.6 Å². The Bertz CT molecular complexity index is 1130. The summed E-state index contributed by atoms with van der Waals surface area (Å²) in [5, 5.41) is 14.9. The van der Waals surface area contributed by atoms with E-state index < -0.39 is 17.7 Å². The van der Waals surface area contributed by atoms with Crippen molar-refractivity contribution in [3.8, 4) is 11.1 Å². The van der Waals surface area contributed by atoms with E-state index in [1.54, 1.807) is 0 Å². The minimum absolute atomic E-state index is 0.100. The summed E-state index contributed by atoms with van der Waals surface area (Å²) in [6, 6.07) is 17.8. The molecule has 0 saturated heterocycles. The predicted octanol–water partition coefficient (Wildman–Crippen LogP) is 5.39. The van der Waals surface area contributed by atoms with E-state index in [0.717, 1.165) is 33.0 Å². The van der Waals surface area contributed by atoms with Crippen molar-refractivity contribution in [2.75, 3.05) is 0 Å². The number of carbonyl (C=O) groups excluding carboxylic acids is 1. The second kappa shape index (κ2) is 8.90. The Kier molecular flexibility index (Phi) is 6.46. The molecule has 0 aliphatic carbocycles. The van der Waals surface area contributed by atoms with E-state index in [4.69, 9.17) is 4.74 Å². The molecule has 0 aromatic heterocycles. The molecule has 1 unspecified atom stereocenters. The lowest BCUT2D eigenvalue weighted by Gasteiger charge is -2.28. The number of fused-ring (bicyclic) bond motifs is 1. The first kappa shape index (κ1) is 22.5. The summed E-state index contributed by atoms with van der Waals surface area (Å²) in [5.41, 5.74) is 3.55. The zero-order valence-corrected chi connectivity index (χ0v) is 18.7. The number of amides is 1. The molecule has 1 atom stereocenters. The summed E-state index contributed by atoms with van der Waals surface area (Å²) in [4.78, 5) is 23.7. The molecule has 0 fully saturated rings. The van der Waals surface area contributed by atoms with E-state index in [1.807, 2.05) is 82.3 Å². The summed E-state index contributed by atoms with van der Waals surface area (Å²) in [5.74, 6) is -1.12. The maximum Gasteiger partial charge on any atom is 0.337 e. The summed E-state index contributed by atoms with van der Waals surface area (Å²) in [6.07, 6.45) is -1.11. The molecular weight excluding hydrogens is 390 g/mol. The molecule has 0 bridgehead atoms. The van der Waals surface area contributed by atoms with Crippen LogP contribution in [0.3, 0.4) is 0 Å². The van der Waals surface area contributed by atoms with Crippen molar-refractivity contribution in [2.45, 2.75) is 52.9 Å². The smallest absolute Gasteiger partial charge is 0.337 e. The normalized spacial score (nSPS) is 12.5. The SMILES string of the molecule is CC(=O)NCc1cccc(-c2c(C(OC(C)(C)C)C(=O)O)c(C)cc3ccccc23)c1. The van der Waals surface area contributed by atoms with Crippen molar-refractivity contribution in [2.24, 2.45) is 0 Å². The molecule has 0 aliphatic heterocycles. The third-order valence-corrected chi connectivity index (χ3v) is 5.01. The molecule has 0 aliphatic rings. The van der Waals surface area contributed by atoms with Gasteiger partial charge in [-0.25, -0.2) is 4.79 Å². The number of carboxylic acid groups (broad SMARTS) is 1. The number of benzene rings is 3. The highest BCUT2D eigenvalue weighted by Crippen LogP contribution is 2.40. The van der Waals surface area contributed by atoms with Crippen molar-refractivity contribution < 1.29 is 19.4 Å². The van der Waals surface area contributed by atoms with E-state index in [1.165, 1.54) is 6.92 Å². The monoisotopic (exact) mass is 419 g/mol. The number of hydrogen-bond acceptors (Lipinski definition) is 3. The summed E-state index contributed by atoms with van der Waals surface area (Å²) >= 11 is 0. The molecule has 3 aromatic rings. The zero-order valence-electron chi connectivity index (χ0n) is 18.7. The maximum absolute atomic E-state index is 12.3. The number of aliphatic carboxylic acids is 1. The summed E-state index contributed by atoms with van der Waals surface area (Å²) in [7, 11) is 0. The fourth-order valence-corrected chi connectivity index (χ4v) is 3.80. The zero-order chi connectivity index (χ0) is 22.8. The number of aryl methyl sites for hydroxylation is 1. The van der Waals surface area contributed by atoms with Gasteiger partial charge in [-0.15, -0.1) is 0 Å². The van der Waals surface area contributed by atoms with Gasteiger partial charge in [-0.1, -0.05) is 48.5 Å². The van der Waals surface area contributed by atoms with Crippen LogP contribution in [-0.4, -0.2) is 22.6 Å². The highest BCUT2D eigenvalue weighted by Gasteiger charge is 2.31. The maximum atomic E-state index is 12.3. The van der Waals surface area contributed by atoms with Gasteiger partial charge in [-0.05, 0) is 66.8 Å². The van der Waals surface area contributed by atoms with Gasteiger partial charge >= 0.3 is 5.97 Å². The average molecular weight is 420 g/mol. The lowest BCUT2D eigenvalue weighted by Crippen LogP contribution is -2.28. The van der Waals surface area contributed by atoms with Gasteiger partial charge in [0.2, 0.25) is 5.91 Å². The van der Waals surface area contributed by atoms with Crippen LogP contribution in [0.4, 0.5) is 0 Å². The number of carbonyl (C=O) groups is 2. The molecule has 5 heteroatoms. The summed E-state index contributed by atoms with van der Waals surface area (Å²) in [6.45, 7) is 9.38. The van der Waals surface area contributed by atoms with Crippen molar-refractivity contribution in [3.63, 3.8) is 0 Å². The molecule has 31 heavy (non-hydrogen) atoms. The first-order valence-corrected chi connectivity index (χ1v) is 10.3. The molecular formula is C26H29NO4. The number of rotatable bonds is 6. The van der Waals surface area contributed by atoms with Crippen molar-refractivity contribution in [1.29, 1.82) is 0 Å². The van der Waals surface area contributed by atoms with Crippen LogP contribution in [0, 0.1) is 6.92 Å². The molecule has 1 amide bonds. The lowest BCUT2D eigenvalue weighted by molar-refractivity contribution is -0.160. The Labute approximate surface area is 183 Å². The molecule has 3 aromatic carbocycles. The van der Waals surface area contributed by atoms with Gasteiger partial charge < -0.3 is 15.2 Å². The van der Waals surface area contributed by atoms with E-state index in [2.05, 4.69) is 5.32 Å². The molecule has 0 heterocycles. The van der Waals surface area contributed by atoms with Crippen LogP contribution < -0.4 is 5.32 Å². The van der Waals surface area contributed by atoms with Crippen LogP contribution in [0.25, 0.3) is 21.9 Å². The van der Waals surface area contributed by atoms with Gasteiger partial charge in [-0.2, -0.15) is 0 Å².